The predicted octanol–water partition coefficient (Wildman–Crippen LogP) is 0.305. The zero-order valence-corrected chi connectivity index (χ0v) is 8.89. The second-order valence-electron chi connectivity index (χ2n) is 2.95. The van der Waals surface area contributed by atoms with Crippen LogP contribution in [-0.4, -0.2) is 30.2 Å². The summed E-state index contributed by atoms with van der Waals surface area (Å²) in [5.41, 5.74) is 6.72. The van der Waals surface area contributed by atoms with Gasteiger partial charge in [-0.15, -0.1) is 20.4 Å². The minimum absolute atomic E-state index is 0.0198. The molecule has 2 rings (SSSR count). The first kappa shape index (κ1) is 9.78. The Morgan fingerprint density at radius 1 is 1.13 bits per heavy atom. The Labute approximate surface area is 90.3 Å². The van der Waals surface area contributed by atoms with Crippen LogP contribution in [0.25, 0.3) is 5.95 Å². The van der Waals surface area contributed by atoms with Gasteiger partial charge < -0.3 is 5.73 Å². The van der Waals surface area contributed by atoms with Gasteiger partial charge in [-0.25, -0.2) is 0 Å². The summed E-state index contributed by atoms with van der Waals surface area (Å²) in [4.78, 5) is 0. The average molecular weight is 226 g/mol. The Bertz CT molecular complexity index is 489. The van der Waals surface area contributed by atoms with Crippen molar-refractivity contribution in [2.45, 2.75) is 13.8 Å². The summed E-state index contributed by atoms with van der Waals surface area (Å²) in [5.74, 6) is 0.267. The van der Waals surface area contributed by atoms with Crippen LogP contribution in [0.3, 0.4) is 0 Å². The standard InChI is InChI=1S/C7H8ClN7/c1-3-5(8)4(2)15(14-3)7-12-10-6(9)11-13-7/h1-2H3,(H2,9,10,11). The minimum Gasteiger partial charge on any atom is -0.365 e. The highest BCUT2D eigenvalue weighted by molar-refractivity contribution is 6.31. The van der Waals surface area contributed by atoms with E-state index < -0.39 is 0 Å². The van der Waals surface area contributed by atoms with E-state index in [1.165, 1.54) is 4.68 Å². The van der Waals surface area contributed by atoms with E-state index in [9.17, 15) is 0 Å². The lowest BCUT2D eigenvalue weighted by molar-refractivity contribution is 0.714. The van der Waals surface area contributed by atoms with Crippen molar-refractivity contribution < 1.29 is 0 Å². The molecule has 78 valence electrons. The van der Waals surface area contributed by atoms with Crippen molar-refractivity contribution in [3.05, 3.63) is 16.4 Å². The van der Waals surface area contributed by atoms with Gasteiger partial charge in [0.25, 0.3) is 11.9 Å². The molecule has 8 heteroatoms. The number of aryl methyl sites for hydroxylation is 1. The molecular formula is C7H8ClN7. The summed E-state index contributed by atoms with van der Waals surface area (Å²) in [6, 6.07) is 0. The molecule has 0 bridgehead atoms. The van der Waals surface area contributed by atoms with E-state index >= 15 is 0 Å². The molecule has 0 unspecified atom stereocenters. The van der Waals surface area contributed by atoms with Gasteiger partial charge in [-0.1, -0.05) is 11.6 Å². The topological polar surface area (TPSA) is 95.4 Å². The normalized spacial score (nSPS) is 10.6. The molecule has 0 amide bonds. The monoisotopic (exact) mass is 225 g/mol. The Morgan fingerprint density at radius 2 is 1.73 bits per heavy atom. The third-order valence-corrected chi connectivity index (χ3v) is 2.42. The Kier molecular flexibility index (Phi) is 2.24. The van der Waals surface area contributed by atoms with Crippen molar-refractivity contribution in [2.75, 3.05) is 5.73 Å². The fraction of sp³-hybridized carbons (Fsp3) is 0.286. The smallest absolute Gasteiger partial charge is 0.289 e. The van der Waals surface area contributed by atoms with Crippen LogP contribution in [0.15, 0.2) is 0 Å². The number of hydrogen-bond acceptors (Lipinski definition) is 6. The molecular weight excluding hydrogens is 218 g/mol. The van der Waals surface area contributed by atoms with Crippen LogP contribution in [0, 0.1) is 13.8 Å². The number of anilines is 1. The summed E-state index contributed by atoms with van der Waals surface area (Å²) < 4.78 is 1.47. The highest BCUT2D eigenvalue weighted by atomic mass is 35.5. The van der Waals surface area contributed by atoms with Crippen LogP contribution in [0.2, 0.25) is 5.02 Å². The van der Waals surface area contributed by atoms with E-state index in [0.717, 1.165) is 5.69 Å². The molecule has 0 saturated carbocycles. The van der Waals surface area contributed by atoms with Crippen molar-refractivity contribution >= 4 is 17.5 Å². The van der Waals surface area contributed by atoms with Crippen molar-refractivity contribution in [2.24, 2.45) is 0 Å². The largest absolute Gasteiger partial charge is 0.365 e. The lowest BCUT2D eigenvalue weighted by Gasteiger charge is -1.99. The van der Waals surface area contributed by atoms with E-state index in [2.05, 4.69) is 25.5 Å². The zero-order chi connectivity index (χ0) is 11.0. The molecule has 0 atom stereocenters. The molecule has 0 aliphatic heterocycles. The maximum absolute atomic E-state index is 5.98. The van der Waals surface area contributed by atoms with Gasteiger partial charge >= 0.3 is 0 Å². The second-order valence-corrected chi connectivity index (χ2v) is 3.33. The molecule has 0 saturated heterocycles. The van der Waals surface area contributed by atoms with Crippen LogP contribution in [0.5, 0.6) is 0 Å². The van der Waals surface area contributed by atoms with E-state index in [1.807, 2.05) is 6.92 Å². The molecule has 0 aromatic carbocycles. The number of nitrogens with two attached hydrogens (primary N) is 1. The van der Waals surface area contributed by atoms with Crippen molar-refractivity contribution in [3.63, 3.8) is 0 Å². The Balaban J connectivity index is 2.54. The van der Waals surface area contributed by atoms with Gasteiger partial charge in [0.2, 0.25) is 0 Å². The number of halogens is 1. The quantitative estimate of drug-likeness (QED) is 0.750. The van der Waals surface area contributed by atoms with Gasteiger partial charge in [0, 0.05) is 0 Å². The van der Waals surface area contributed by atoms with Gasteiger partial charge in [-0.05, 0) is 13.8 Å². The van der Waals surface area contributed by atoms with E-state index in [1.54, 1.807) is 6.92 Å². The number of rotatable bonds is 1. The molecule has 15 heavy (non-hydrogen) atoms. The van der Waals surface area contributed by atoms with Crippen molar-refractivity contribution in [1.82, 2.24) is 30.2 Å². The summed E-state index contributed by atoms with van der Waals surface area (Å²) in [5, 5.41) is 19.4. The maximum Gasteiger partial charge on any atom is 0.289 e. The molecule has 0 radical (unpaired) electrons. The van der Waals surface area contributed by atoms with Crippen LogP contribution in [0.4, 0.5) is 5.95 Å². The van der Waals surface area contributed by atoms with Crippen molar-refractivity contribution in [1.29, 1.82) is 0 Å². The predicted molar refractivity (Wildman–Crippen MR) is 53.6 cm³/mol. The first-order valence-corrected chi connectivity index (χ1v) is 4.52. The Morgan fingerprint density at radius 3 is 2.20 bits per heavy atom. The van der Waals surface area contributed by atoms with Crippen LogP contribution < -0.4 is 5.73 Å². The Hall–Kier alpha value is -1.76. The molecule has 2 aromatic heterocycles. The molecule has 2 aromatic rings. The van der Waals surface area contributed by atoms with Gasteiger partial charge in [0.05, 0.1) is 16.4 Å². The molecule has 2 N–H and O–H groups in total. The number of nitrogens with zero attached hydrogens (tertiary/aromatic N) is 6. The van der Waals surface area contributed by atoms with E-state index in [0.29, 0.717) is 10.7 Å². The molecule has 0 aliphatic rings. The number of hydrogen-bond donors (Lipinski definition) is 1. The summed E-state index contributed by atoms with van der Waals surface area (Å²) in [7, 11) is 0. The van der Waals surface area contributed by atoms with Crippen LogP contribution in [0.1, 0.15) is 11.4 Å². The summed E-state index contributed by atoms with van der Waals surface area (Å²) >= 11 is 5.98. The first-order chi connectivity index (χ1) is 7.09. The van der Waals surface area contributed by atoms with Crippen LogP contribution in [-0.2, 0) is 0 Å². The molecule has 2 heterocycles. The lowest BCUT2D eigenvalue weighted by atomic mass is 10.4. The lowest BCUT2D eigenvalue weighted by Crippen LogP contribution is -2.09. The first-order valence-electron chi connectivity index (χ1n) is 4.14. The third kappa shape index (κ3) is 1.61. The van der Waals surface area contributed by atoms with Gasteiger partial charge in [0.15, 0.2) is 0 Å². The average Bonchev–Trinajstić information content (AvgIpc) is 2.47. The molecule has 0 aliphatic carbocycles. The van der Waals surface area contributed by atoms with Gasteiger partial charge in [-0.2, -0.15) is 9.78 Å². The second kappa shape index (κ2) is 3.43. The number of nitrogen functional groups attached to an aromatic ring is 1. The third-order valence-electron chi connectivity index (χ3n) is 1.88. The van der Waals surface area contributed by atoms with Crippen LogP contribution >= 0.6 is 11.6 Å². The fourth-order valence-corrected chi connectivity index (χ4v) is 1.25. The highest BCUT2D eigenvalue weighted by Crippen LogP contribution is 2.20. The number of aromatic nitrogens is 6. The van der Waals surface area contributed by atoms with E-state index in [-0.39, 0.29) is 11.9 Å². The SMILES string of the molecule is Cc1nn(-c2nnc(N)nn2)c(C)c1Cl. The summed E-state index contributed by atoms with van der Waals surface area (Å²) in [6.07, 6.45) is 0. The van der Waals surface area contributed by atoms with Crippen molar-refractivity contribution in [3.8, 4) is 5.95 Å². The minimum atomic E-state index is 0.0198. The zero-order valence-electron chi connectivity index (χ0n) is 8.14. The molecule has 7 nitrogen and oxygen atoms in total. The molecule has 0 spiro atoms. The molecule has 0 fully saturated rings. The summed E-state index contributed by atoms with van der Waals surface area (Å²) in [6.45, 7) is 3.60. The maximum atomic E-state index is 5.98. The van der Waals surface area contributed by atoms with E-state index in [4.69, 9.17) is 17.3 Å². The fourth-order valence-electron chi connectivity index (χ4n) is 1.14. The van der Waals surface area contributed by atoms with Gasteiger partial charge in [0.1, 0.15) is 0 Å². The van der Waals surface area contributed by atoms with Gasteiger partial charge in [-0.3, -0.25) is 0 Å². The highest BCUT2D eigenvalue weighted by Gasteiger charge is 2.13.